The minimum absolute atomic E-state index is 0.0759. The Morgan fingerprint density at radius 2 is 2.04 bits per heavy atom. The molecule has 1 heterocycles. The van der Waals surface area contributed by atoms with Crippen molar-refractivity contribution in [2.45, 2.75) is 6.54 Å². The Hall–Kier alpha value is -2.18. The van der Waals surface area contributed by atoms with Crippen LogP contribution in [0.25, 0.3) is 0 Å². The van der Waals surface area contributed by atoms with Crippen molar-refractivity contribution in [3.63, 3.8) is 0 Å². The van der Waals surface area contributed by atoms with Crippen LogP contribution in [0.15, 0.2) is 59.2 Å². The van der Waals surface area contributed by atoms with Gasteiger partial charge in [-0.2, -0.15) is 5.10 Å². The molecule has 0 saturated heterocycles. The van der Waals surface area contributed by atoms with Gasteiger partial charge in [-0.3, -0.25) is 4.79 Å². The average Bonchev–Trinajstić information content (AvgIpc) is 2.96. The van der Waals surface area contributed by atoms with E-state index in [1.165, 1.54) is 12.1 Å². The lowest BCUT2D eigenvalue weighted by Crippen LogP contribution is -2.17. The fraction of sp³-hybridized carbons (Fsp3) is 0.0588. The van der Waals surface area contributed by atoms with Gasteiger partial charge in [-0.1, -0.05) is 45.7 Å². The summed E-state index contributed by atoms with van der Waals surface area (Å²) < 4.78 is 16.4. The topological polar surface area (TPSA) is 46.9 Å². The second-order valence-electron chi connectivity index (χ2n) is 5.04. The van der Waals surface area contributed by atoms with Crippen LogP contribution < -0.4 is 5.32 Å². The number of benzene rings is 2. The molecular formula is C17H12BrClFN3O. The highest BCUT2D eigenvalue weighted by Crippen LogP contribution is 2.20. The van der Waals surface area contributed by atoms with Crippen molar-refractivity contribution in [2.24, 2.45) is 0 Å². The molecule has 0 bridgehead atoms. The van der Waals surface area contributed by atoms with Crippen LogP contribution >= 0.6 is 27.5 Å². The molecule has 0 saturated carbocycles. The minimum Gasteiger partial charge on any atom is -0.307 e. The molecule has 0 aliphatic rings. The summed E-state index contributed by atoms with van der Waals surface area (Å²) in [5, 5.41) is 7.11. The number of carbonyl (C=O) groups is 1. The van der Waals surface area contributed by atoms with Gasteiger partial charge in [-0.25, -0.2) is 9.07 Å². The maximum Gasteiger partial charge on any atom is 0.259 e. The highest BCUT2D eigenvalue weighted by molar-refractivity contribution is 9.10. The first kappa shape index (κ1) is 16.7. The zero-order valence-electron chi connectivity index (χ0n) is 12.3. The van der Waals surface area contributed by atoms with Crippen LogP contribution in [0.2, 0.25) is 5.02 Å². The summed E-state index contributed by atoms with van der Waals surface area (Å²) in [5.41, 5.74) is 0.933. The van der Waals surface area contributed by atoms with Crippen LogP contribution in [-0.4, -0.2) is 15.7 Å². The zero-order chi connectivity index (χ0) is 17.1. The molecule has 0 fully saturated rings. The first-order valence-electron chi connectivity index (χ1n) is 7.06. The highest BCUT2D eigenvalue weighted by Gasteiger charge is 2.14. The average molecular weight is 409 g/mol. The van der Waals surface area contributed by atoms with Gasteiger partial charge in [0.25, 0.3) is 5.91 Å². The number of hydrogen-bond acceptors (Lipinski definition) is 2. The summed E-state index contributed by atoms with van der Waals surface area (Å²) in [6.45, 7) is 0.465. The Morgan fingerprint density at radius 3 is 2.79 bits per heavy atom. The summed E-state index contributed by atoms with van der Waals surface area (Å²) in [6.07, 6.45) is 1.57. The summed E-state index contributed by atoms with van der Waals surface area (Å²) in [6, 6.07) is 13.3. The van der Waals surface area contributed by atoms with Gasteiger partial charge in [0.15, 0.2) is 0 Å². The maximum absolute atomic E-state index is 13.9. The second-order valence-corrected chi connectivity index (χ2v) is 6.33. The largest absolute Gasteiger partial charge is 0.307 e. The number of rotatable bonds is 4. The van der Waals surface area contributed by atoms with E-state index in [4.69, 9.17) is 11.6 Å². The monoisotopic (exact) mass is 407 g/mol. The van der Waals surface area contributed by atoms with Crippen LogP contribution in [0.1, 0.15) is 15.9 Å². The van der Waals surface area contributed by atoms with Crippen LogP contribution in [0.5, 0.6) is 0 Å². The molecule has 1 aromatic heterocycles. The smallest absolute Gasteiger partial charge is 0.259 e. The van der Waals surface area contributed by atoms with Gasteiger partial charge in [-0.05, 0) is 29.8 Å². The third-order valence-electron chi connectivity index (χ3n) is 3.41. The molecule has 0 aliphatic carbocycles. The maximum atomic E-state index is 13.9. The molecule has 4 nitrogen and oxygen atoms in total. The molecule has 0 aliphatic heterocycles. The molecule has 1 amide bonds. The van der Waals surface area contributed by atoms with Crippen molar-refractivity contribution in [1.29, 1.82) is 0 Å². The van der Waals surface area contributed by atoms with Crippen molar-refractivity contribution in [3.05, 3.63) is 81.2 Å². The second kappa shape index (κ2) is 7.15. The molecule has 2 aromatic carbocycles. The Morgan fingerprint density at radius 1 is 1.25 bits per heavy atom. The van der Waals surface area contributed by atoms with E-state index in [-0.39, 0.29) is 10.6 Å². The quantitative estimate of drug-likeness (QED) is 0.678. The number of hydrogen-bond donors (Lipinski definition) is 1. The van der Waals surface area contributed by atoms with Crippen molar-refractivity contribution >= 4 is 39.3 Å². The Kier molecular flexibility index (Phi) is 4.97. The fourth-order valence-electron chi connectivity index (χ4n) is 2.21. The first-order chi connectivity index (χ1) is 11.5. The Labute approximate surface area is 151 Å². The van der Waals surface area contributed by atoms with E-state index in [9.17, 15) is 9.18 Å². The first-order valence-corrected chi connectivity index (χ1v) is 8.23. The number of anilines is 1. The summed E-state index contributed by atoms with van der Waals surface area (Å²) in [5.74, 6) is -0.750. The molecule has 7 heteroatoms. The molecular weight excluding hydrogens is 397 g/mol. The minimum atomic E-state index is -0.670. The summed E-state index contributed by atoms with van der Waals surface area (Å²) >= 11 is 9.18. The van der Waals surface area contributed by atoms with Crippen molar-refractivity contribution < 1.29 is 9.18 Å². The number of aromatic nitrogens is 2. The number of nitrogens with zero attached hydrogens (tertiary/aromatic N) is 2. The third kappa shape index (κ3) is 3.66. The van der Waals surface area contributed by atoms with Crippen molar-refractivity contribution in [3.8, 4) is 0 Å². The van der Waals surface area contributed by atoms with Gasteiger partial charge in [0, 0.05) is 15.6 Å². The van der Waals surface area contributed by atoms with E-state index in [1.807, 2.05) is 24.3 Å². The van der Waals surface area contributed by atoms with E-state index < -0.39 is 11.7 Å². The zero-order valence-corrected chi connectivity index (χ0v) is 14.7. The van der Waals surface area contributed by atoms with Gasteiger partial charge in [0.05, 0.1) is 18.3 Å². The lowest BCUT2D eigenvalue weighted by Gasteiger charge is -2.10. The molecule has 0 spiro atoms. The van der Waals surface area contributed by atoms with Gasteiger partial charge in [0.1, 0.15) is 11.6 Å². The van der Waals surface area contributed by atoms with E-state index >= 15 is 0 Å². The van der Waals surface area contributed by atoms with Crippen LogP contribution in [0.3, 0.4) is 0 Å². The number of halogens is 3. The van der Waals surface area contributed by atoms with Crippen LogP contribution in [0.4, 0.5) is 10.2 Å². The van der Waals surface area contributed by atoms with E-state index in [0.29, 0.717) is 12.4 Å². The molecule has 1 N–H and O–H groups in total. The highest BCUT2D eigenvalue weighted by atomic mass is 79.9. The molecule has 122 valence electrons. The van der Waals surface area contributed by atoms with E-state index in [1.54, 1.807) is 16.9 Å². The summed E-state index contributed by atoms with van der Waals surface area (Å²) in [7, 11) is 0. The SMILES string of the molecule is O=C(Nc1ccnn1Cc1ccccc1Br)c1ccc(Cl)cc1F. The summed E-state index contributed by atoms with van der Waals surface area (Å²) in [4.78, 5) is 12.3. The molecule has 0 unspecified atom stereocenters. The predicted octanol–water partition coefficient (Wildman–Crippen LogP) is 4.74. The van der Waals surface area contributed by atoms with Crippen molar-refractivity contribution in [2.75, 3.05) is 5.32 Å². The number of nitrogens with one attached hydrogen (secondary N) is 1. The standard InChI is InChI=1S/C17H12BrClFN3O/c18-14-4-2-1-3-11(14)10-23-16(7-8-21-23)22-17(24)13-6-5-12(19)9-15(13)20/h1-9H,10H2,(H,22,24). The lowest BCUT2D eigenvalue weighted by atomic mass is 10.2. The van der Waals surface area contributed by atoms with Crippen molar-refractivity contribution in [1.82, 2.24) is 9.78 Å². The molecule has 0 radical (unpaired) electrons. The van der Waals surface area contributed by atoms with Gasteiger partial charge in [-0.15, -0.1) is 0 Å². The van der Waals surface area contributed by atoms with E-state index in [2.05, 4.69) is 26.3 Å². The number of carbonyl (C=O) groups excluding carboxylic acids is 1. The van der Waals surface area contributed by atoms with Gasteiger partial charge >= 0.3 is 0 Å². The Balaban J connectivity index is 1.80. The van der Waals surface area contributed by atoms with Crippen LogP contribution in [0, 0.1) is 5.82 Å². The number of amides is 1. The fourth-order valence-corrected chi connectivity index (χ4v) is 2.78. The molecule has 0 atom stereocenters. The van der Waals surface area contributed by atoms with E-state index in [0.717, 1.165) is 16.1 Å². The Bertz CT molecular complexity index is 897. The molecule has 3 aromatic rings. The lowest BCUT2D eigenvalue weighted by molar-refractivity contribution is 0.102. The molecule has 3 rings (SSSR count). The van der Waals surface area contributed by atoms with Gasteiger partial charge < -0.3 is 5.32 Å². The van der Waals surface area contributed by atoms with Gasteiger partial charge in [0.2, 0.25) is 0 Å². The normalized spacial score (nSPS) is 10.6. The molecule has 24 heavy (non-hydrogen) atoms. The van der Waals surface area contributed by atoms with Crippen LogP contribution in [-0.2, 0) is 6.54 Å². The predicted molar refractivity (Wildman–Crippen MR) is 94.8 cm³/mol. The third-order valence-corrected chi connectivity index (χ3v) is 4.42.